The molecule has 0 aliphatic carbocycles. The monoisotopic (exact) mass is 722 g/mol. The lowest BCUT2D eigenvalue weighted by Crippen LogP contribution is -2.59. The third kappa shape index (κ3) is 12.1. The highest BCUT2D eigenvalue weighted by Gasteiger charge is 2.44. The number of hydrogen-bond acceptors (Lipinski definition) is 10. The van der Waals surface area contributed by atoms with E-state index in [1.165, 1.54) is 13.8 Å². The fraction of sp³-hybridized carbons (Fsp3) is 0.733. The zero-order chi connectivity index (χ0) is 38.1. The third-order valence-electron chi connectivity index (χ3n) is 7.84. The number of halogens is 3. The van der Waals surface area contributed by atoms with Crippen molar-refractivity contribution in [2.75, 3.05) is 19.6 Å². The fourth-order valence-electron chi connectivity index (χ4n) is 5.39. The molecule has 2 aliphatic heterocycles. The van der Waals surface area contributed by atoms with Crippen molar-refractivity contribution in [2.45, 2.75) is 121 Å². The van der Waals surface area contributed by atoms with Crippen LogP contribution in [0.1, 0.15) is 73.1 Å². The molecule has 0 aromatic rings. The van der Waals surface area contributed by atoms with Gasteiger partial charge in [0, 0.05) is 19.5 Å². The van der Waals surface area contributed by atoms with Crippen LogP contribution in [0, 0.1) is 0 Å². The average molecular weight is 723 g/mol. The largest absolute Gasteiger partial charge is 0.480 e. The second-order valence-electron chi connectivity index (χ2n) is 13.1. The summed E-state index contributed by atoms with van der Waals surface area (Å²) < 4.78 is 44.3. The van der Waals surface area contributed by atoms with Crippen molar-refractivity contribution in [1.82, 2.24) is 31.1 Å². The Kier molecular flexibility index (Phi) is 14.5. The standard InChI is InChI=1S/C30H45F3N6O11/c1-15(27(47)48)35-25(45)22(16(2)40)37-24(44)19-9-6-12-38(19)20(41)14-34-23(43)18-8-7-13-39(18)26(46)17(36-28(49)30(31,32)33)10-11-21(42)50-29(3,4)5/h15-19,22,40H,6-14H2,1-5H3,(H,34,43)(H,35,45)(H,36,49)(H,37,44)(H,47,48)/t15-,16+,17-,18-,19-,22-/m0/s1. The lowest BCUT2D eigenvalue weighted by molar-refractivity contribution is -0.175. The number of carbonyl (C=O) groups is 8. The van der Waals surface area contributed by atoms with E-state index in [-0.39, 0.29) is 32.4 Å². The summed E-state index contributed by atoms with van der Waals surface area (Å²) in [6.45, 7) is 6.49. The molecule has 0 bridgehead atoms. The maximum Gasteiger partial charge on any atom is 0.471 e. The van der Waals surface area contributed by atoms with Gasteiger partial charge in [0.15, 0.2) is 0 Å². The number of carboxylic acid groups (broad SMARTS) is 1. The van der Waals surface area contributed by atoms with Crippen LogP contribution in [0.15, 0.2) is 0 Å². The Morgan fingerprint density at radius 3 is 1.94 bits per heavy atom. The van der Waals surface area contributed by atoms with E-state index in [0.717, 1.165) is 9.80 Å². The molecule has 0 saturated carbocycles. The molecule has 2 saturated heterocycles. The van der Waals surface area contributed by atoms with Crippen LogP contribution in [0.5, 0.6) is 0 Å². The maximum atomic E-state index is 13.4. The van der Waals surface area contributed by atoms with Gasteiger partial charge < -0.3 is 46.0 Å². The predicted octanol–water partition coefficient (Wildman–Crippen LogP) is -1.29. The number of aliphatic carboxylic acids is 1. The number of hydrogen-bond donors (Lipinski definition) is 6. The quantitative estimate of drug-likeness (QED) is 0.115. The Labute approximate surface area is 286 Å². The van der Waals surface area contributed by atoms with Gasteiger partial charge in [0.05, 0.1) is 12.6 Å². The summed E-state index contributed by atoms with van der Waals surface area (Å²) in [5, 5.41) is 27.5. The number of rotatable bonds is 14. The first kappa shape index (κ1) is 41.7. The maximum absolute atomic E-state index is 13.4. The molecule has 17 nitrogen and oxygen atoms in total. The van der Waals surface area contributed by atoms with Crippen molar-refractivity contribution in [1.29, 1.82) is 0 Å². The first-order valence-corrected chi connectivity index (χ1v) is 16.0. The van der Waals surface area contributed by atoms with E-state index in [0.29, 0.717) is 6.42 Å². The van der Waals surface area contributed by atoms with Crippen LogP contribution < -0.4 is 21.3 Å². The van der Waals surface area contributed by atoms with E-state index in [1.807, 2.05) is 0 Å². The van der Waals surface area contributed by atoms with Gasteiger partial charge in [0.2, 0.25) is 29.5 Å². The highest BCUT2D eigenvalue weighted by Crippen LogP contribution is 2.22. The van der Waals surface area contributed by atoms with Gasteiger partial charge >= 0.3 is 24.0 Å². The smallest absolute Gasteiger partial charge is 0.471 e. The zero-order valence-corrected chi connectivity index (χ0v) is 28.4. The topological polar surface area (TPSA) is 241 Å². The summed E-state index contributed by atoms with van der Waals surface area (Å²) in [5.41, 5.74) is -0.917. The molecule has 2 fully saturated rings. The Morgan fingerprint density at radius 1 is 0.860 bits per heavy atom. The van der Waals surface area contributed by atoms with Crippen LogP contribution >= 0.6 is 0 Å². The van der Waals surface area contributed by atoms with Gasteiger partial charge in [-0.3, -0.25) is 38.4 Å². The molecule has 0 radical (unpaired) electrons. The first-order chi connectivity index (χ1) is 23.0. The van der Waals surface area contributed by atoms with Crippen molar-refractivity contribution < 1.29 is 66.5 Å². The SMILES string of the molecule is C[C@H](NC(=O)[C@@H](NC(=O)[C@@H]1CCCN1C(=O)CNC(=O)[C@@H]1CCCN1C(=O)[C@H](CCC(=O)OC(C)(C)C)NC(=O)C(F)(F)F)[C@@H](C)O)C(=O)O. The highest BCUT2D eigenvalue weighted by molar-refractivity contribution is 5.96. The molecule has 2 rings (SSSR count). The molecule has 0 spiro atoms. The second-order valence-corrected chi connectivity index (χ2v) is 13.1. The van der Waals surface area contributed by atoms with Gasteiger partial charge in [-0.05, 0) is 66.7 Å². The molecule has 282 valence electrons. The Bertz CT molecular complexity index is 1320. The third-order valence-corrected chi connectivity index (χ3v) is 7.84. The van der Waals surface area contributed by atoms with Crippen LogP contribution in [-0.2, 0) is 43.1 Å². The summed E-state index contributed by atoms with van der Waals surface area (Å²) in [6, 6.07) is -7.01. The minimum absolute atomic E-state index is 0.0622. The highest BCUT2D eigenvalue weighted by atomic mass is 19.4. The number of esters is 1. The second kappa shape index (κ2) is 17.4. The lowest BCUT2D eigenvalue weighted by Gasteiger charge is -2.30. The average Bonchev–Trinajstić information content (AvgIpc) is 3.69. The number of likely N-dealkylation sites (tertiary alicyclic amines) is 2. The van der Waals surface area contributed by atoms with Crippen LogP contribution in [0.4, 0.5) is 13.2 Å². The molecule has 2 aliphatic rings. The van der Waals surface area contributed by atoms with Gasteiger partial charge in [-0.15, -0.1) is 0 Å². The number of nitrogens with zero attached hydrogens (tertiary/aromatic N) is 2. The van der Waals surface area contributed by atoms with E-state index in [2.05, 4.69) is 16.0 Å². The van der Waals surface area contributed by atoms with Crippen molar-refractivity contribution >= 4 is 47.4 Å². The number of ether oxygens (including phenoxy) is 1. The molecule has 2 heterocycles. The summed E-state index contributed by atoms with van der Waals surface area (Å²) in [6.07, 6.45) is -6.94. The van der Waals surface area contributed by atoms with Crippen LogP contribution in [-0.4, -0.2) is 135 Å². The van der Waals surface area contributed by atoms with Gasteiger partial charge in [-0.2, -0.15) is 13.2 Å². The molecule has 0 aromatic carbocycles. The molecule has 6 N–H and O–H groups in total. The van der Waals surface area contributed by atoms with Gasteiger partial charge in [0.1, 0.15) is 35.8 Å². The molecular weight excluding hydrogens is 677 g/mol. The Morgan fingerprint density at radius 2 is 1.42 bits per heavy atom. The van der Waals surface area contributed by atoms with E-state index in [4.69, 9.17) is 9.84 Å². The van der Waals surface area contributed by atoms with Crippen LogP contribution in [0.3, 0.4) is 0 Å². The summed E-state index contributed by atoms with van der Waals surface area (Å²) >= 11 is 0. The van der Waals surface area contributed by atoms with Gasteiger partial charge in [-0.1, -0.05) is 0 Å². The van der Waals surface area contributed by atoms with Crippen LogP contribution in [0.25, 0.3) is 0 Å². The Hall–Kier alpha value is -4.49. The minimum atomic E-state index is -5.33. The number of aliphatic hydroxyl groups is 1. The summed E-state index contributed by atoms with van der Waals surface area (Å²) in [7, 11) is 0. The fourth-order valence-corrected chi connectivity index (χ4v) is 5.39. The molecule has 0 aromatic heterocycles. The summed E-state index contributed by atoms with van der Waals surface area (Å²) in [4.78, 5) is 102. The molecule has 6 atom stereocenters. The van der Waals surface area contributed by atoms with E-state index < -0.39 is 115 Å². The van der Waals surface area contributed by atoms with E-state index in [9.17, 15) is 56.6 Å². The Balaban J connectivity index is 2.08. The molecule has 6 amide bonds. The zero-order valence-electron chi connectivity index (χ0n) is 28.4. The normalized spacial score (nSPS) is 20.2. The molecular formula is C30H45F3N6O11. The van der Waals surface area contributed by atoms with Crippen molar-refractivity contribution in [3.05, 3.63) is 0 Å². The number of alkyl halides is 3. The van der Waals surface area contributed by atoms with Crippen LogP contribution in [0.2, 0.25) is 0 Å². The van der Waals surface area contributed by atoms with Gasteiger partial charge in [-0.25, -0.2) is 0 Å². The van der Waals surface area contributed by atoms with Crippen molar-refractivity contribution in [3.8, 4) is 0 Å². The molecule has 50 heavy (non-hydrogen) atoms. The van der Waals surface area contributed by atoms with Gasteiger partial charge in [0.25, 0.3) is 0 Å². The lowest BCUT2D eigenvalue weighted by atomic mass is 10.1. The molecule has 0 unspecified atom stereocenters. The summed E-state index contributed by atoms with van der Waals surface area (Å²) in [5.74, 6) is -8.93. The van der Waals surface area contributed by atoms with E-state index in [1.54, 1.807) is 26.1 Å². The first-order valence-electron chi connectivity index (χ1n) is 16.0. The molecule has 20 heteroatoms. The number of carboxylic acids is 1. The number of amides is 6. The van der Waals surface area contributed by atoms with E-state index >= 15 is 0 Å². The number of nitrogens with one attached hydrogen (secondary N) is 4. The number of aliphatic hydroxyl groups excluding tert-OH is 1. The predicted molar refractivity (Wildman–Crippen MR) is 164 cm³/mol. The van der Waals surface area contributed by atoms with Crippen molar-refractivity contribution in [3.63, 3.8) is 0 Å². The van der Waals surface area contributed by atoms with Crippen molar-refractivity contribution in [2.24, 2.45) is 0 Å². The minimum Gasteiger partial charge on any atom is -0.480 e. The number of carbonyl (C=O) groups excluding carboxylic acids is 7.